The first-order chi connectivity index (χ1) is 9.24. The van der Waals surface area contributed by atoms with Gasteiger partial charge in [-0.15, -0.1) is 0 Å². The first-order valence-corrected chi connectivity index (χ1v) is 7.28. The van der Waals surface area contributed by atoms with Crippen molar-refractivity contribution in [2.75, 3.05) is 0 Å². The van der Waals surface area contributed by atoms with Crippen molar-refractivity contribution < 1.29 is 4.74 Å². The number of rotatable bonds is 2. The summed E-state index contributed by atoms with van der Waals surface area (Å²) in [5.74, 6) is 1.55. The fourth-order valence-corrected chi connectivity index (χ4v) is 2.62. The van der Waals surface area contributed by atoms with Crippen molar-refractivity contribution in [1.29, 1.82) is 0 Å². The van der Waals surface area contributed by atoms with Crippen molar-refractivity contribution in [3.63, 3.8) is 0 Å². The highest BCUT2D eigenvalue weighted by Crippen LogP contribution is 2.36. The van der Waals surface area contributed by atoms with Crippen molar-refractivity contribution in [2.24, 2.45) is 0 Å². The van der Waals surface area contributed by atoms with Crippen LogP contribution in [0.25, 0.3) is 10.8 Å². The van der Waals surface area contributed by atoms with E-state index >= 15 is 0 Å². The molecule has 0 aliphatic rings. The van der Waals surface area contributed by atoms with Crippen molar-refractivity contribution in [3.05, 3.63) is 63.8 Å². The Hall–Kier alpha value is -1.39. The number of ether oxygens (including phenoxy) is 1. The second-order valence-electron chi connectivity index (χ2n) is 4.04. The highest BCUT2D eigenvalue weighted by atomic mass is 79.9. The standard InChI is InChI=1S/C15H9Br2NO/c16-12-3-1-2-4-14(12)19-15-8-11-9-18-6-5-10(11)7-13(15)17/h1-9H. The van der Waals surface area contributed by atoms with E-state index in [1.165, 1.54) is 0 Å². The summed E-state index contributed by atoms with van der Waals surface area (Å²) in [5, 5.41) is 2.18. The molecule has 0 saturated carbocycles. The second kappa shape index (κ2) is 5.31. The average Bonchev–Trinajstić information content (AvgIpc) is 2.42. The van der Waals surface area contributed by atoms with E-state index in [1.54, 1.807) is 6.20 Å². The summed E-state index contributed by atoms with van der Waals surface area (Å²) < 4.78 is 7.77. The number of halogens is 2. The fraction of sp³-hybridized carbons (Fsp3) is 0. The van der Waals surface area contributed by atoms with Gasteiger partial charge in [-0.3, -0.25) is 4.98 Å². The maximum Gasteiger partial charge on any atom is 0.142 e. The van der Waals surface area contributed by atoms with Crippen LogP contribution in [0.1, 0.15) is 0 Å². The molecule has 0 aliphatic heterocycles. The molecule has 0 saturated heterocycles. The third kappa shape index (κ3) is 2.65. The summed E-state index contributed by atoms with van der Waals surface area (Å²) in [6, 6.07) is 13.8. The van der Waals surface area contributed by atoms with Gasteiger partial charge in [-0.05, 0) is 67.6 Å². The predicted molar refractivity (Wildman–Crippen MR) is 83.7 cm³/mol. The minimum atomic E-state index is 0.771. The van der Waals surface area contributed by atoms with Gasteiger partial charge in [0.25, 0.3) is 0 Å². The Labute approximate surface area is 127 Å². The van der Waals surface area contributed by atoms with Gasteiger partial charge in [-0.2, -0.15) is 0 Å². The molecule has 0 aliphatic carbocycles. The van der Waals surface area contributed by atoms with Crippen LogP contribution in [0, 0.1) is 0 Å². The molecule has 2 nitrogen and oxygen atoms in total. The summed E-state index contributed by atoms with van der Waals surface area (Å²) in [7, 11) is 0. The minimum absolute atomic E-state index is 0.771. The van der Waals surface area contributed by atoms with Crippen LogP contribution in [0.3, 0.4) is 0 Å². The number of fused-ring (bicyclic) bond motifs is 1. The van der Waals surface area contributed by atoms with Gasteiger partial charge in [0.2, 0.25) is 0 Å². The molecule has 19 heavy (non-hydrogen) atoms. The van der Waals surface area contributed by atoms with Gasteiger partial charge in [0, 0.05) is 17.8 Å². The Morgan fingerprint density at radius 1 is 0.842 bits per heavy atom. The highest BCUT2D eigenvalue weighted by molar-refractivity contribution is 9.11. The van der Waals surface area contributed by atoms with Gasteiger partial charge >= 0.3 is 0 Å². The van der Waals surface area contributed by atoms with Crippen LogP contribution in [0.2, 0.25) is 0 Å². The van der Waals surface area contributed by atoms with Crippen LogP contribution in [0.5, 0.6) is 11.5 Å². The smallest absolute Gasteiger partial charge is 0.142 e. The molecule has 3 aromatic rings. The van der Waals surface area contributed by atoms with Crippen LogP contribution >= 0.6 is 31.9 Å². The quantitative estimate of drug-likeness (QED) is 0.583. The van der Waals surface area contributed by atoms with Gasteiger partial charge < -0.3 is 4.74 Å². The minimum Gasteiger partial charge on any atom is -0.455 e. The zero-order valence-corrected chi connectivity index (χ0v) is 13.0. The van der Waals surface area contributed by atoms with Crippen LogP contribution in [-0.4, -0.2) is 4.98 Å². The summed E-state index contributed by atoms with van der Waals surface area (Å²) in [6.07, 6.45) is 3.61. The molecule has 94 valence electrons. The van der Waals surface area contributed by atoms with Crippen molar-refractivity contribution in [3.8, 4) is 11.5 Å². The molecule has 0 N–H and O–H groups in total. The molecule has 3 rings (SSSR count). The van der Waals surface area contributed by atoms with Crippen LogP contribution < -0.4 is 4.74 Å². The number of para-hydroxylation sites is 1. The van der Waals surface area contributed by atoms with Crippen LogP contribution in [0.15, 0.2) is 63.8 Å². The Balaban J connectivity index is 2.06. The van der Waals surface area contributed by atoms with E-state index in [0.717, 1.165) is 31.2 Å². The molecule has 0 atom stereocenters. The first-order valence-electron chi connectivity index (χ1n) is 5.70. The zero-order chi connectivity index (χ0) is 13.2. The van der Waals surface area contributed by atoms with E-state index in [2.05, 4.69) is 36.8 Å². The Kier molecular flexibility index (Phi) is 3.53. The molecular weight excluding hydrogens is 370 g/mol. The third-order valence-corrected chi connectivity index (χ3v) is 4.02. The van der Waals surface area contributed by atoms with Gasteiger partial charge in [0.05, 0.1) is 8.95 Å². The largest absolute Gasteiger partial charge is 0.455 e. The molecule has 0 spiro atoms. The summed E-state index contributed by atoms with van der Waals surface area (Å²) in [5.41, 5.74) is 0. The molecule has 1 aromatic heterocycles. The van der Waals surface area contributed by atoms with Gasteiger partial charge in [-0.1, -0.05) is 12.1 Å². The van der Waals surface area contributed by atoms with E-state index in [0.29, 0.717) is 0 Å². The number of hydrogen-bond donors (Lipinski definition) is 0. The molecule has 4 heteroatoms. The van der Waals surface area contributed by atoms with E-state index in [1.807, 2.05) is 48.7 Å². The Bertz CT molecular complexity index is 743. The number of hydrogen-bond acceptors (Lipinski definition) is 2. The average molecular weight is 379 g/mol. The monoisotopic (exact) mass is 377 g/mol. The molecule has 0 amide bonds. The molecule has 0 bridgehead atoms. The lowest BCUT2D eigenvalue weighted by Gasteiger charge is -2.10. The van der Waals surface area contributed by atoms with Crippen molar-refractivity contribution in [1.82, 2.24) is 4.98 Å². The van der Waals surface area contributed by atoms with Crippen molar-refractivity contribution >= 4 is 42.6 Å². The number of pyridine rings is 1. The van der Waals surface area contributed by atoms with Crippen molar-refractivity contribution in [2.45, 2.75) is 0 Å². The SMILES string of the molecule is Brc1ccccc1Oc1cc2cnccc2cc1Br. The van der Waals surface area contributed by atoms with Crippen LogP contribution in [0.4, 0.5) is 0 Å². The fourth-order valence-electron chi connectivity index (χ4n) is 1.81. The van der Waals surface area contributed by atoms with Gasteiger partial charge in [0.1, 0.15) is 11.5 Å². The number of nitrogens with zero attached hydrogens (tertiary/aromatic N) is 1. The van der Waals surface area contributed by atoms with E-state index in [9.17, 15) is 0 Å². The van der Waals surface area contributed by atoms with Crippen LogP contribution in [-0.2, 0) is 0 Å². The molecule has 1 heterocycles. The maximum atomic E-state index is 5.93. The highest BCUT2D eigenvalue weighted by Gasteiger charge is 2.07. The maximum absolute atomic E-state index is 5.93. The lowest BCUT2D eigenvalue weighted by Crippen LogP contribution is -1.87. The summed E-state index contributed by atoms with van der Waals surface area (Å²) in [4.78, 5) is 4.13. The van der Waals surface area contributed by atoms with E-state index in [4.69, 9.17) is 4.74 Å². The third-order valence-electron chi connectivity index (χ3n) is 2.75. The van der Waals surface area contributed by atoms with E-state index in [-0.39, 0.29) is 0 Å². The number of benzene rings is 2. The predicted octanol–water partition coefficient (Wildman–Crippen LogP) is 5.55. The second-order valence-corrected chi connectivity index (χ2v) is 5.75. The molecule has 0 unspecified atom stereocenters. The van der Waals surface area contributed by atoms with Gasteiger partial charge in [0.15, 0.2) is 0 Å². The summed E-state index contributed by atoms with van der Waals surface area (Å²) >= 11 is 7.01. The molecule has 0 fully saturated rings. The normalized spacial score (nSPS) is 10.6. The molecule has 0 radical (unpaired) electrons. The summed E-state index contributed by atoms with van der Waals surface area (Å²) in [6.45, 7) is 0. The zero-order valence-electron chi connectivity index (χ0n) is 9.81. The Morgan fingerprint density at radius 3 is 2.53 bits per heavy atom. The first kappa shape index (κ1) is 12.6. The van der Waals surface area contributed by atoms with E-state index < -0.39 is 0 Å². The number of aromatic nitrogens is 1. The lowest BCUT2D eigenvalue weighted by atomic mass is 10.2. The Morgan fingerprint density at radius 2 is 1.68 bits per heavy atom. The molecule has 2 aromatic carbocycles. The van der Waals surface area contributed by atoms with Gasteiger partial charge in [-0.25, -0.2) is 0 Å². The lowest BCUT2D eigenvalue weighted by molar-refractivity contribution is 0.477. The molecular formula is C15H9Br2NO. The topological polar surface area (TPSA) is 22.1 Å².